The minimum Gasteiger partial charge on any atom is -0.290 e. The summed E-state index contributed by atoms with van der Waals surface area (Å²) < 4.78 is 2.94. The SMILES string of the molecule is Cc1csc(=O)n1CN(C)Cc1ccc(Br)s1. The van der Waals surface area contributed by atoms with Gasteiger partial charge in [0.25, 0.3) is 0 Å². The van der Waals surface area contributed by atoms with Crippen LogP contribution in [0.25, 0.3) is 0 Å². The van der Waals surface area contributed by atoms with Gasteiger partial charge in [0.2, 0.25) is 0 Å². The summed E-state index contributed by atoms with van der Waals surface area (Å²) in [6.07, 6.45) is 0. The highest BCUT2D eigenvalue weighted by Gasteiger charge is 2.07. The van der Waals surface area contributed by atoms with Crippen molar-refractivity contribution in [1.29, 1.82) is 0 Å². The lowest BCUT2D eigenvalue weighted by Crippen LogP contribution is -2.27. The molecule has 3 nitrogen and oxygen atoms in total. The van der Waals surface area contributed by atoms with Crippen LogP contribution in [-0.4, -0.2) is 16.5 Å². The highest BCUT2D eigenvalue weighted by Crippen LogP contribution is 2.23. The van der Waals surface area contributed by atoms with Gasteiger partial charge in [0.15, 0.2) is 0 Å². The van der Waals surface area contributed by atoms with Crippen LogP contribution in [0, 0.1) is 6.92 Å². The molecule has 2 rings (SSSR count). The van der Waals surface area contributed by atoms with Crippen molar-refractivity contribution >= 4 is 38.6 Å². The van der Waals surface area contributed by atoms with E-state index < -0.39 is 0 Å². The molecule has 6 heteroatoms. The highest BCUT2D eigenvalue weighted by atomic mass is 79.9. The van der Waals surface area contributed by atoms with Gasteiger partial charge in [-0.15, -0.1) is 11.3 Å². The number of nitrogens with zero attached hydrogens (tertiary/aromatic N) is 2. The first-order chi connectivity index (χ1) is 8.06. The molecule has 0 atom stereocenters. The lowest BCUT2D eigenvalue weighted by atomic mass is 10.4. The molecule has 0 radical (unpaired) electrons. The summed E-state index contributed by atoms with van der Waals surface area (Å²) in [5, 5.41) is 1.90. The zero-order valence-electron chi connectivity index (χ0n) is 9.64. The molecule has 0 bridgehead atoms. The topological polar surface area (TPSA) is 25.2 Å². The molecule has 0 aliphatic carbocycles. The normalized spacial score (nSPS) is 11.3. The first kappa shape index (κ1) is 13.0. The molecule has 92 valence electrons. The monoisotopic (exact) mass is 332 g/mol. The van der Waals surface area contributed by atoms with Gasteiger partial charge < -0.3 is 0 Å². The third-order valence-electron chi connectivity index (χ3n) is 2.41. The Morgan fingerprint density at radius 1 is 1.47 bits per heavy atom. The van der Waals surface area contributed by atoms with Gasteiger partial charge in [-0.25, -0.2) is 0 Å². The van der Waals surface area contributed by atoms with Crippen LogP contribution in [0.5, 0.6) is 0 Å². The molecule has 2 aromatic rings. The van der Waals surface area contributed by atoms with Gasteiger partial charge in [-0.1, -0.05) is 11.3 Å². The van der Waals surface area contributed by atoms with Crippen molar-refractivity contribution in [3.63, 3.8) is 0 Å². The van der Waals surface area contributed by atoms with E-state index in [4.69, 9.17) is 0 Å². The van der Waals surface area contributed by atoms with Crippen LogP contribution in [0.15, 0.2) is 26.1 Å². The molecule has 17 heavy (non-hydrogen) atoms. The average Bonchev–Trinajstić information content (AvgIpc) is 2.79. The summed E-state index contributed by atoms with van der Waals surface area (Å²) in [5.74, 6) is 0. The maximum absolute atomic E-state index is 11.6. The van der Waals surface area contributed by atoms with Crippen LogP contribution in [-0.2, 0) is 13.2 Å². The van der Waals surface area contributed by atoms with Gasteiger partial charge in [-0.3, -0.25) is 14.3 Å². The molecule has 0 aliphatic heterocycles. The molecule has 0 aromatic carbocycles. The van der Waals surface area contributed by atoms with E-state index in [0.29, 0.717) is 6.67 Å². The van der Waals surface area contributed by atoms with E-state index in [9.17, 15) is 4.79 Å². The summed E-state index contributed by atoms with van der Waals surface area (Å²) in [7, 11) is 2.02. The van der Waals surface area contributed by atoms with Crippen LogP contribution in [0.2, 0.25) is 0 Å². The van der Waals surface area contributed by atoms with Crippen molar-refractivity contribution in [2.45, 2.75) is 20.1 Å². The van der Waals surface area contributed by atoms with E-state index in [1.807, 2.05) is 19.4 Å². The van der Waals surface area contributed by atoms with Crippen molar-refractivity contribution in [2.75, 3.05) is 7.05 Å². The van der Waals surface area contributed by atoms with E-state index in [2.05, 4.69) is 33.0 Å². The predicted molar refractivity (Wildman–Crippen MR) is 76.8 cm³/mol. The van der Waals surface area contributed by atoms with Crippen molar-refractivity contribution in [2.24, 2.45) is 0 Å². The molecule has 0 fully saturated rings. The van der Waals surface area contributed by atoms with Crippen LogP contribution < -0.4 is 4.87 Å². The van der Waals surface area contributed by atoms with Crippen molar-refractivity contribution in [3.05, 3.63) is 41.5 Å². The number of halogens is 1. The molecule has 0 N–H and O–H groups in total. The molecular formula is C11H13BrN2OS2. The molecule has 2 aromatic heterocycles. The zero-order valence-corrected chi connectivity index (χ0v) is 12.9. The number of thiazole rings is 1. The Labute approximate surface area is 116 Å². The Hall–Kier alpha value is -0.430. The van der Waals surface area contributed by atoms with Gasteiger partial charge >= 0.3 is 4.87 Å². The first-order valence-electron chi connectivity index (χ1n) is 5.14. The number of aromatic nitrogens is 1. The lowest BCUT2D eigenvalue weighted by Gasteiger charge is -2.16. The van der Waals surface area contributed by atoms with Gasteiger partial charge in [-0.05, 0) is 42.0 Å². The Morgan fingerprint density at radius 3 is 2.76 bits per heavy atom. The quantitative estimate of drug-likeness (QED) is 0.859. The summed E-state index contributed by atoms with van der Waals surface area (Å²) >= 11 is 6.44. The van der Waals surface area contributed by atoms with Gasteiger partial charge in [0, 0.05) is 22.5 Å². The van der Waals surface area contributed by atoms with Gasteiger partial charge in [0.1, 0.15) is 0 Å². The Kier molecular flexibility index (Phi) is 4.19. The second kappa shape index (κ2) is 5.48. The van der Waals surface area contributed by atoms with E-state index in [-0.39, 0.29) is 4.87 Å². The largest absolute Gasteiger partial charge is 0.308 e. The lowest BCUT2D eigenvalue weighted by molar-refractivity contribution is 0.258. The number of rotatable bonds is 4. The minimum atomic E-state index is 0.113. The second-order valence-corrected chi connectivity index (χ2v) is 7.30. The Bertz CT molecular complexity index is 558. The summed E-state index contributed by atoms with van der Waals surface area (Å²) in [6.45, 7) is 3.47. The fourth-order valence-corrected chi connectivity index (χ4v) is 3.86. The third-order valence-corrected chi connectivity index (χ3v) is 4.90. The third kappa shape index (κ3) is 3.28. The fourth-order valence-electron chi connectivity index (χ4n) is 1.57. The fraction of sp³-hybridized carbons (Fsp3) is 0.364. The standard InChI is InChI=1S/C11H13BrN2OS2/c1-8-6-16-11(15)14(8)7-13(2)5-9-3-4-10(12)17-9/h3-4,6H,5,7H2,1-2H3. The maximum atomic E-state index is 11.6. The molecule has 0 unspecified atom stereocenters. The summed E-state index contributed by atoms with van der Waals surface area (Å²) in [4.78, 5) is 15.1. The van der Waals surface area contributed by atoms with Gasteiger partial charge in [0.05, 0.1) is 10.5 Å². The van der Waals surface area contributed by atoms with E-state index in [1.165, 1.54) is 16.2 Å². The molecule has 0 amide bonds. The van der Waals surface area contributed by atoms with Crippen molar-refractivity contribution in [1.82, 2.24) is 9.47 Å². The highest BCUT2D eigenvalue weighted by molar-refractivity contribution is 9.11. The molecule has 2 heterocycles. The van der Waals surface area contributed by atoms with Gasteiger partial charge in [-0.2, -0.15) is 0 Å². The average molecular weight is 333 g/mol. The van der Waals surface area contributed by atoms with E-state index in [1.54, 1.807) is 15.9 Å². The molecule has 0 aliphatic rings. The number of hydrogen-bond donors (Lipinski definition) is 0. The molecule has 0 saturated carbocycles. The van der Waals surface area contributed by atoms with Crippen LogP contribution in [0.3, 0.4) is 0 Å². The zero-order chi connectivity index (χ0) is 12.4. The second-order valence-electron chi connectivity index (χ2n) is 3.93. The predicted octanol–water partition coefficient (Wildman–Crippen LogP) is 3.13. The first-order valence-corrected chi connectivity index (χ1v) is 7.63. The number of thiophene rings is 1. The van der Waals surface area contributed by atoms with Crippen molar-refractivity contribution < 1.29 is 0 Å². The minimum absolute atomic E-state index is 0.113. The van der Waals surface area contributed by atoms with Crippen LogP contribution in [0.4, 0.5) is 0 Å². The molecular weight excluding hydrogens is 320 g/mol. The maximum Gasteiger partial charge on any atom is 0.308 e. The van der Waals surface area contributed by atoms with E-state index >= 15 is 0 Å². The number of hydrogen-bond acceptors (Lipinski definition) is 4. The van der Waals surface area contributed by atoms with Crippen molar-refractivity contribution in [3.8, 4) is 0 Å². The Morgan fingerprint density at radius 2 is 2.24 bits per heavy atom. The number of aryl methyl sites for hydroxylation is 1. The van der Waals surface area contributed by atoms with E-state index in [0.717, 1.165) is 16.0 Å². The molecule has 0 saturated heterocycles. The van der Waals surface area contributed by atoms with Crippen LogP contribution in [0.1, 0.15) is 10.6 Å². The summed E-state index contributed by atoms with van der Waals surface area (Å²) in [5.41, 5.74) is 1.03. The molecule has 0 spiro atoms. The van der Waals surface area contributed by atoms with Crippen LogP contribution >= 0.6 is 38.6 Å². The summed E-state index contributed by atoms with van der Waals surface area (Å²) in [6, 6.07) is 4.16. The Balaban J connectivity index is 2.02. The smallest absolute Gasteiger partial charge is 0.290 e.